The fraction of sp³-hybridized carbons (Fsp3) is 0.600. The van der Waals surface area contributed by atoms with Gasteiger partial charge in [0.1, 0.15) is 4.88 Å². The van der Waals surface area contributed by atoms with Crippen molar-refractivity contribution >= 4 is 17.3 Å². The third-order valence-corrected chi connectivity index (χ3v) is 2.60. The molecule has 0 saturated carbocycles. The molecule has 0 bridgehead atoms. The largest absolute Gasteiger partial charge is 0.467 e. The molecule has 1 heterocycles. The van der Waals surface area contributed by atoms with Crippen molar-refractivity contribution < 1.29 is 14.3 Å². The third-order valence-electron chi connectivity index (χ3n) is 1.57. The van der Waals surface area contributed by atoms with Crippen LogP contribution in [-0.4, -0.2) is 23.7 Å². The summed E-state index contributed by atoms with van der Waals surface area (Å²) in [5.41, 5.74) is 0.661. The van der Waals surface area contributed by atoms with Gasteiger partial charge >= 0.3 is 5.97 Å². The number of thiazole rings is 1. The number of esters is 1. The lowest BCUT2D eigenvalue weighted by Gasteiger charge is -2.03. The molecule has 0 fully saturated rings. The summed E-state index contributed by atoms with van der Waals surface area (Å²) < 4.78 is 10.3. The number of aromatic nitrogens is 1. The molecule has 15 heavy (non-hydrogen) atoms. The van der Waals surface area contributed by atoms with E-state index in [1.54, 1.807) is 13.8 Å². The van der Waals surface area contributed by atoms with Crippen LogP contribution in [0.3, 0.4) is 0 Å². The predicted octanol–water partition coefficient (Wildman–Crippen LogP) is 2.42. The molecule has 0 saturated heterocycles. The molecule has 0 aliphatic carbocycles. The van der Waals surface area contributed by atoms with E-state index < -0.39 is 0 Å². The van der Waals surface area contributed by atoms with Gasteiger partial charge in [-0.25, -0.2) is 9.78 Å². The van der Waals surface area contributed by atoms with Crippen molar-refractivity contribution in [3.63, 3.8) is 0 Å². The van der Waals surface area contributed by atoms with Crippen molar-refractivity contribution in [2.45, 2.75) is 33.8 Å². The number of ether oxygens (including phenoxy) is 2. The maximum absolute atomic E-state index is 11.5. The first-order valence-corrected chi connectivity index (χ1v) is 5.67. The predicted molar refractivity (Wildman–Crippen MR) is 58.6 cm³/mol. The summed E-state index contributed by atoms with van der Waals surface area (Å²) in [7, 11) is 0. The minimum atomic E-state index is -0.328. The Morgan fingerprint density at radius 1 is 1.53 bits per heavy atom. The van der Waals surface area contributed by atoms with E-state index in [4.69, 9.17) is 9.47 Å². The monoisotopic (exact) mass is 229 g/mol. The van der Waals surface area contributed by atoms with Gasteiger partial charge in [-0.2, -0.15) is 0 Å². The lowest BCUT2D eigenvalue weighted by Crippen LogP contribution is -2.04. The van der Waals surface area contributed by atoms with Gasteiger partial charge in [-0.05, 0) is 27.7 Å². The molecule has 0 atom stereocenters. The number of hydrogen-bond donors (Lipinski definition) is 0. The van der Waals surface area contributed by atoms with Gasteiger partial charge in [0.2, 0.25) is 0 Å². The van der Waals surface area contributed by atoms with E-state index >= 15 is 0 Å². The Morgan fingerprint density at radius 2 is 2.20 bits per heavy atom. The Morgan fingerprint density at radius 3 is 2.73 bits per heavy atom. The molecule has 0 aliphatic rings. The summed E-state index contributed by atoms with van der Waals surface area (Å²) in [6, 6.07) is 0. The Kier molecular flexibility index (Phi) is 4.08. The highest BCUT2D eigenvalue weighted by atomic mass is 32.1. The first kappa shape index (κ1) is 12.0. The van der Waals surface area contributed by atoms with Crippen LogP contribution in [-0.2, 0) is 4.74 Å². The molecular formula is C10H15NO3S. The van der Waals surface area contributed by atoms with Crippen molar-refractivity contribution in [2.75, 3.05) is 6.61 Å². The van der Waals surface area contributed by atoms with E-state index in [-0.39, 0.29) is 12.1 Å². The van der Waals surface area contributed by atoms with Crippen LogP contribution in [0, 0.1) is 6.92 Å². The number of carbonyl (C=O) groups is 1. The molecule has 1 aromatic heterocycles. The van der Waals surface area contributed by atoms with Crippen molar-refractivity contribution in [1.29, 1.82) is 0 Å². The number of carbonyl (C=O) groups excluding carboxylic acids is 1. The van der Waals surface area contributed by atoms with Gasteiger partial charge in [0.25, 0.3) is 5.19 Å². The smallest absolute Gasteiger partial charge is 0.350 e. The van der Waals surface area contributed by atoms with Crippen LogP contribution in [0.2, 0.25) is 0 Å². The van der Waals surface area contributed by atoms with Crippen LogP contribution in [0.5, 0.6) is 5.19 Å². The van der Waals surface area contributed by atoms with Crippen LogP contribution in [0.4, 0.5) is 0 Å². The number of hydrogen-bond acceptors (Lipinski definition) is 5. The van der Waals surface area contributed by atoms with E-state index in [0.717, 1.165) is 0 Å². The summed E-state index contributed by atoms with van der Waals surface area (Å²) in [5.74, 6) is -0.328. The molecular weight excluding hydrogens is 214 g/mol. The van der Waals surface area contributed by atoms with E-state index in [2.05, 4.69) is 4.98 Å². The highest BCUT2D eigenvalue weighted by Crippen LogP contribution is 2.26. The van der Waals surface area contributed by atoms with Crippen LogP contribution in [0.25, 0.3) is 0 Å². The zero-order valence-corrected chi connectivity index (χ0v) is 10.2. The second-order valence-electron chi connectivity index (χ2n) is 3.28. The zero-order valence-electron chi connectivity index (χ0n) is 9.36. The maximum atomic E-state index is 11.5. The van der Waals surface area contributed by atoms with Crippen molar-refractivity contribution in [3.8, 4) is 5.19 Å². The maximum Gasteiger partial charge on any atom is 0.350 e. The van der Waals surface area contributed by atoms with Crippen LogP contribution < -0.4 is 4.74 Å². The van der Waals surface area contributed by atoms with Gasteiger partial charge in [-0.1, -0.05) is 11.3 Å². The SMILES string of the molecule is CCOC(=O)c1sc(OC(C)C)nc1C. The molecule has 5 heteroatoms. The normalized spacial score (nSPS) is 10.5. The van der Waals surface area contributed by atoms with E-state index in [1.807, 2.05) is 13.8 Å². The molecule has 0 unspecified atom stereocenters. The van der Waals surface area contributed by atoms with Crippen molar-refractivity contribution in [2.24, 2.45) is 0 Å². The average molecular weight is 229 g/mol. The zero-order chi connectivity index (χ0) is 11.4. The van der Waals surface area contributed by atoms with Gasteiger partial charge in [-0.15, -0.1) is 0 Å². The molecule has 0 N–H and O–H groups in total. The van der Waals surface area contributed by atoms with Gasteiger partial charge in [0.15, 0.2) is 0 Å². The molecule has 1 rings (SSSR count). The average Bonchev–Trinajstić information content (AvgIpc) is 2.46. The van der Waals surface area contributed by atoms with E-state index in [0.29, 0.717) is 22.4 Å². The molecule has 0 aromatic carbocycles. The summed E-state index contributed by atoms with van der Waals surface area (Å²) in [4.78, 5) is 16.1. The van der Waals surface area contributed by atoms with E-state index in [1.165, 1.54) is 11.3 Å². The second kappa shape index (κ2) is 5.11. The Balaban J connectivity index is 2.81. The second-order valence-corrected chi connectivity index (χ2v) is 4.24. The molecule has 84 valence electrons. The number of nitrogens with zero attached hydrogens (tertiary/aromatic N) is 1. The number of aryl methyl sites for hydroxylation is 1. The minimum Gasteiger partial charge on any atom is -0.467 e. The fourth-order valence-corrected chi connectivity index (χ4v) is 1.94. The highest BCUT2D eigenvalue weighted by Gasteiger charge is 2.17. The standard InChI is InChI=1S/C10H15NO3S/c1-5-13-9(12)8-7(4)11-10(15-8)14-6(2)3/h6H,5H2,1-4H3. The fourth-order valence-electron chi connectivity index (χ4n) is 1.01. The Labute approximate surface area is 93.2 Å². The Bertz CT molecular complexity index is 346. The minimum absolute atomic E-state index is 0.0607. The van der Waals surface area contributed by atoms with Crippen LogP contribution in [0.15, 0.2) is 0 Å². The summed E-state index contributed by atoms with van der Waals surface area (Å²) in [6.45, 7) is 7.76. The number of rotatable bonds is 4. The van der Waals surface area contributed by atoms with Crippen LogP contribution >= 0.6 is 11.3 Å². The van der Waals surface area contributed by atoms with Gasteiger partial charge < -0.3 is 9.47 Å². The van der Waals surface area contributed by atoms with Crippen molar-refractivity contribution in [1.82, 2.24) is 4.98 Å². The van der Waals surface area contributed by atoms with Gasteiger partial charge in [0, 0.05) is 0 Å². The molecule has 0 amide bonds. The Hall–Kier alpha value is -1.10. The molecule has 0 aliphatic heterocycles. The van der Waals surface area contributed by atoms with Gasteiger partial charge in [-0.3, -0.25) is 0 Å². The van der Waals surface area contributed by atoms with Crippen molar-refractivity contribution in [3.05, 3.63) is 10.6 Å². The summed E-state index contributed by atoms with van der Waals surface area (Å²) in [5, 5.41) is 0.519. The summed E-state index contributed by atoms with van der Waals surface area (Å²) >= 11 is 1.23. The lowest BCUT2D eigenvalue weighted by atomic mass is 10.4. The quantitative estimate of drug-likeness (QED) is 0.744. The first-order chi connectivity index (χ1) is 7.04. The molecule has 0 radical (unpaired) electrons. The van der Waals surface area contributed by atoms with Gasteiger partial charge in [0.05, 0.1) is 18.4 Å². The third kappa shape index (κ3) is 3.20. The van der Waals surface area contributed by atoms with Crippen LogP contribution in [0.1, 0.15) is 36.1 Å². The molecule has 0 spiro atoms. The first-order valence-electron chi connectivity index (χ1n) is 4.85. The topological polar surface area (TPSA) is 48.4 Å². The lowest BCUT2D eigenvalue weighted by molar-refractivity contribution is 0.0531. The molecule has 1 aromatic rings. The highest BCUT2D eigenvalue weighted by molar-refractivity contribution is 7.15. The van der Waals surface area contributed by atoms with E-state index in [9.17, 15) is 4.79 Å². The summed E-state index contributed by atoms with van der Waals surface area (Å²) in [6.07, 6.45) is 0.0607. The molecule has 4 nitrogen and oxygen atoms in total.